The summed E-state index contributed by atoms with van der Waals surface area (Å²) in [5, 5.41) is 19.9. The van der Waals surface area contributed by atoms with Crippen molar-refractivity contribution in [1.29, 1.82) is 0 Å². The Balaban J connectivity index is 1.52. The van der Waals surface area contributed by atoms with Crippen LogP contribution in [-0.4, -0.2) is 41.8 Å². The number of nitrogens with zero attached hydrogens (tertiary/aromatic N) is 5. The monoisotopic (exact) mass is 525 g/mol. The molecule has 0 fully saturated rings. The number of nitrogens with one attached hydrogen (secondary N) is 1. The van der Waals surface area contributed by atoms with E-state index >= 15 is 4.39 Å². The van der Waals surface area contributed by atoms with Crippen LogP contribution in [0.3, 0.4) is 0 Å². The number of rotatable bonds is 7. The molecule has 0 atom stereocenters. The first-order chi connectivity index (χ1) is 18.8. The maximum absolute atomic E-state index is 15.2. The summed E-state index contributed by atoms with van der Waals surface area (Å²) in [7, 11) is 0. The van der Waals surface area contributed by atoms with Gasteiger partial charge in [0, 0.05) is 40.7 Å². The molecule has 194 valence electrons. The van der Waals surface area contributed by atoms with Gasteiger partial charge in [0.25, 0.3) is 0 Å². The average Bonchev–Trinajstić information content (AvgIpc) is 3.30. The molecule has 0 saturated carbocycles. The zero-order chi connectivity index (χ0) is 27.5. The predicted molar refractivity (Wildman–Crippen MR) is 140 cm³/mol. The third-order valence-electron chi connectivity index (χ3n) is 5.57. The van der Waals surface area contributed by atoms with Crippen LogP contribution in [0.4, 0.5) is 15.9 Å². The normalized spacial score (nSPS) is 11.1. The molecule has 0 saturated heterocycles. The van der Waals surface area contributed by atoms with Crippen LogP contribution in [-0.2, 0) is 9.59 Å². The molecule has 11 nitrogen and oxygen atoms in total. The standard InChI is InChI=1S/C27H20FN7O4/c1-15-3-2-4-22(32-15)39-20-10-7-17(13-19(20)28)24-25(34-35-26(24)27(29)30-14-31-35)16-5-8-18(9-6-16)33-21(36)11-12-23(37)38/h2-14H,1H3,(H,33,36)(H,37,38)(H2,29,30,31)/b12-11-. The molecule has 3 heterocycles. The van der Waals surface area contributed by atoms with Crippen molar-refractivity contribution in [3.8, 4) is 34.0 Å². The largest absolute Gasteiger partial charge is 0.478 e. The Morgan fingerprint density at radius 2 is 1.85 bits per heavy atom. The number of carbonyl (C=O) groups is 2. The van der Waals surface area contributed by atoms with Gasteiger partial charge < -0.3 is 20.9 Å². The highest BCUT2D eigenvalue weighted by Crippen LogP contribution is 2.38. The Hall–Kier alpha value is -5.65. The van der Waals surface area contributed by atoms with Crippen LogP contribution in [0.25, 0.3) is 27.9 Å². The molecule has 0 unspecified atom stereocenters. The van der Waals surface area contributed by atoms with Gasteiger partial charge in [-0.2, -0.15) is 0 Å². The topological polar surface area (TPSA) is 158 Å². The van der Waals surface area contributed by atoms with Gasteiger partial charge in [-0.3, -0.25) is 4.79 Å². The third-order valence-corrected chi connectivity index (χ3v) is 5.57. The first-order valence-electron chi connectivity index (χ1n) is 11.5. The highest BCUT2D eigenvalue weighted by molar-refractivity contribution is 6.02. The van der Waals surface area contributed by atoms with Crippen LogP contribution in [0.5, 0.6) is 11.6 Å². The van der Waals surface area contributed by atoms with Gasteiger partial charge in [0.1, 0.15) is 17.5 Å². The Kier molecular flexibility index (Phi) is 6.66. The van der Waals surface area contributed by atoms with E-state index in [0.717, 1.165) is 17.8 Å². The number of amides is 1. The lowest BCUT2D eigenvalue weighted by Crippen LogP contribution is -2.08. The van der Waals surface area contributed by atoms with Gasteiger partial charge in [-0.15, -0.1) is 14.8 Å². The molecule has 0 bridgehead atoms. The van der Waals surface area contributed by atoms with E-state index in [1.165, 1.54) is 23.1 Å². The van der Waals surface area contributed by atoms with E-state index in [9.17, 15) is 9.59 Å². The fourth-order valence-electron chi connectivity index (χ4n) is 3.86. The molecule has 3 aromatic heterocycles. The summed E-state index contributed by atoms with van der Waals surface area (Å²) < 4.78 is 22.2. The molecule has 1 amide bonds. The number of hydrogen-bond donors (Lipinski definition) is 3. The number of nitrogens with two attached hydrogens (primary N) is 1. The highest BCUT2D eigenvalue weighted by Gasteiger charge is 2.21. The summed E-state index contributed by atoms with van der Waals surface area (Å²) in [6.45, 7) is 1.81. The van der Waals surface area contributed by atoms with Crippen LogP contribution in [0.2, 0.25) is 0 Å². The lowest BCUT2D eigenvalue weighted by molar-refractivity contribution is -0.131. The summed E-state index contributed by atoms with van der Waals surface area (Å²) in [5.41, 5.74) is 9.74. The molecule has 4 N–H and O–H groups in total. The maximum Gasteiger partial charge on any atom is 0.328 e. The summed E-state index contributed by atoms with van der Waals surface area (Å²) in [4.78, 5) is 30.8. The fourth-order valence-corrected chi connectivity index (χ4v) is 3.86. The Morgan fingerprint density at radius 3 is 2.56 bits per heavy atom. The van der Waals surface area contributed by atoms with Crippen LogP contribution in [0.1, 0.15) is 5.69 Å². The van der Waals surface area contributed by atoms with Crippen molar-refractivity contribution in [2.45, 2.75) is 6.92 Å². The van der Waals surface area contributed by atoms with Crippen molar-refractivity contribution in [3.05, 3.63) is 90.7 Å². The Morgan fingerprint density at radius 1 is 1.08 bits per heavy atom. The molecule has 39 heavy (non-hydrogen) atoms. The second-order valence-electron chi connectivity index (χ2n) is 8.31. The van der Waals surface area contributed by atoms with Gasteiger partial charge >= 0.3 is 5.97 Å². The summed E-state index contributed by atoms with van der Waals surface area (Å²) in [5.74, 6) is -2.04. The molecule has 0 radical (unpaired) electrons. The average molecular weight is 526 g/mol. The molecule has 0 aliphatic heterocycles. The van der Waals surface area contributed by atoms with Crippen LogP contribution >= 0.6 is 0 Å². The second kappa shape index (κ2) is 10.4. The number of ether oxygens (including phenoxy) is 1. The third kappa shape index (κ3) is 5.39. The number of aliphatic carboxylic acids is 1. The van der Waals surface area contributed by atoms with Crippen molar-refractivity contribution >= 4 is 28.9 Å². The molecular formula is C27H20FN7O4. The van der Waals surface area contributed by atoms with Crippen molar-refractivity contribution < 1.29 is 23.8 Å². The highest BCUT2D eigenvalue weighted by atomic mass is 19.1. The van der Waals surface area contributed by atoms with E-state index in [1.54, 1.807) is 42.5 Å². The minimum atomic E-state index is -1.23. The van der Waals surface area contributed by atoms with Crippen LogP contribution in [0.15, 0.2) is 79.1 Å². The number of fused-ring (bicyclic) bond motifs is 1. The lowest BCUT2D eigenvalue weighted by atomic mass is 9.99. The zero-order valence-electron chi connectivity index (χ0n) is 20.4. The number of pyridine rings is 1. The number of carboxylic acid groups (broad SMARTS) is 1. The molecule has 5 aromatic rings. The number of benzene rings is 2. The second-order valence-corrected chi connectivity index (χ2v) is 8.31. The predicted octanol–water partition coefficient (Wildman–Crippen LogP) is 4.25. The maximum atomic E-state index is 15.2. The van der Waals surface area contributed by atoms with E-state index in [0.29, 0.717) is 33.6 Å². The molecule has 5 rings (SSSR count). The van der Waals surface area contributed by atoms with Gasteiger partial charge in [0.15, 0.2) is 17.4 Å². The minimum Gasteiger partial charge on any atom is -0.478 e. The molecule has 12 heteroatoms. The smallest absolute Gasteiger partial charge is 0.328 e. The molecule has 0 spiro atoms. The van der Waals surface area contributed by atoms with Crippen molar-refractivity contribution in [3.63, 3.8) is 0 Å². The molecular weight excluding hydrogens is 505 g/mol. The molecule has 0 aliphatic rings. The number of nitrogen functional groups attached to an aromatic ring is 1. The summed E-state index contributed by atoms with van der Waals surface area (Å²) in [6.07, 6.45) is 2.91. The number of aryl methyl sites for hydroxylation is 1. The number of anilines is 2. The first-order valence-corrected chi connectivity index (χ1v) is 11.5. The molecule has 2 aromatic carbocycles. The Bertz CT molecular complexity index is 1750. The van der Waals surface area contributed by atoms with Crippen molar-refractivity contribution in [2.75, 3.05) is 11.1 Å². The first kappa shape index (κ1) is 25.0. The number of hydrogen-bond acceptors (Lipinski definition) is 8. The SMILES string of the molecule is Cc1cccc(Oc2ccc(-c3c(-c4ccc(NC(=O)/C=C\C(=O)O)cc4)nn4ncnc(N)c34)cc2F)n1. The van der Waals surface area contributed by atoms with E-state index in [2.05, 4.69) is 25.5 Å². The van der Waals surface area contributed by atoms with Crippen molar-refractivity contribution in [2.24, 2.45) is 0 Å². The number of carboxylic acids is 1. The summed E-state index contributed by atoms with van der Waals surface area (Å²) in [6, 6.07) is 16.3. The minimum absolute atomic E-state index is 0.00358. The van der Waals surface area contributed by atoms with Gasteiger partial charge in [0.2, 0.25) is 11.8 Å². The van der Waals surface area contributed by atoms with Crippen molar-refractivity contribution in [1.82, 2.24) is 24.8 Å². The van der Waals surface area contributed by atoms with Crippen LogP contribution < -0.4 is 15.8 Å². The van der Waals surface area contributed by atoms with E-state index in [1.807, 2.05) is 13.0 Å². The van der Waals surface area contributed by atoms with Gasteiger partial charge in [0.05, 0.1) is 0 Å². The van der Waals surface area contributed by atoms with Gasteiger partial charge in [-0.05, 0) is 42.8 Å². The van der Waals surface area contributed by atoms with Gasteiger partial charge in [-0.1, -0.05) is 24.3 Å². The lowest BCUT2D eigenvalue weighted by Gasteiger charge is -2.10. The van der Waals surface area contributed by atoms with E-state index in [-0.39, 0.29) is 17.4 Å². The number of halogens is 1. The fraction of sp³-hybridized carbons (Fsp3) is 0.0370. The number of carbonyl (C=O) groups excluding carboxylic acids is 1. The quantitative estimate of drug-likeness (QED) is 0.264. The van der Waals surface area contributed by atoms with Crippen LogP contribution in [0, 0.1) is 12.7 Å². The van der Waals surface area contributed by atoms with E-state index in [4.69, 9.17) is 15.6 Å². The van der Waals surface area contributed by atoms with Gasteiger partial charge in [-0.25, -0.2) is 19.2 Å². The molecule has 0 aliphatic carbocycles. The zero-order valence-corrected chi connectivity index (χ0v) is 20.4. The summed E-state index contributed by atoms with van der Waals surface area (Å²) >= 11 is 0. The Labute approximate surface area is 220 Å². The van der Waals surface area contributed by atoms with E-state index < -0.39 is 17.7 Å². The number of aromatic nitrogens is 5.